The number of anilines is 2. The maximum atomic E-state index is 13.2. The van der Waals surface area contributed by atoms with E-state index in [1.165, 1.54) is 12.1 Å². The Balaban J connectivity index is 1.95. The summed E-state index contributed by atoms with van der Waals surface area (Å²) in [7, 11) is 0. The zero-order valence-corrected chi connectivity index (χ0v) is 10.7. The van der Waals surface area contributed by atoms with Gasteiger partial charge in [0, 0.05) is 11.8 Å². The molecule has 20 heavy (non-hydrogen) atoms. The van der Waals surface area contributed by atoms with Crippen LogP contribution in [0.3, 0.4) is 0 Å². The normalized spacial score (nSPS) is 13.8. The molecular formula is C15H13FN2O2. The fraction of sp³-hybridized carbons (Fsp3) is 0.133. The molecule has 2 aromatic carbocycles. The Kier molecular flexibility index (Phi) is 3.02. The number of carbonyl (C=O) groups excluding carboxylic acids is 1. The lowest BCUT2D eigenvalue weighted by molar-refractivity contribution is -0.121. The number of hydrogen-bond acceptors (Lipinski definition) is 3. The molecule has 0 saturated heterocycles. The Morgan fingerprint density at radius 2 is 2.10 bits per heavy atom. The number of ether oxygens (including phenoxy) is 1. The molecule has 102 valence electrons. The molecule has 0 saturated carbocycles. The smallest absolute Gasteiger partial charge is 0.265 e. The molecule has 0 radical (unpaired) electrons. The van der Waals surface area contributed by atoms with Gasteiger partial charge in [0.1, 0.15) is 11.6 Å². The minimum Gasteiger partial charge on any atom is -0.481 e. The van der Waals surface area contributed by atoms with Crippen molar-refractivity contribution in [2.24, 2.45) is 0 Å². The number of hydrogen-bond donors (Lipinski definition) is 1. The van der Waals surface area contributed by atoms with Gasteiger partial charge in [-0.25, -0.2) is 4.39 Å². The monoisotopic (exact) mass is 272 g/mol. The van der Waals surface area contributed by atoms with Gasteiger partial charge in [-0.05, 0) is 29.8 Å². The van der Waals surface area contributed by atoms with Crippen molar-refractivity contribution in [1.29, 1.82) is 0 Å². The van der Waals surface area contributed by atoms with Gasteiger partial charge in [-0.3, -0.25) is 4.79 Å². The summed E-state index contributed by atoms with van der Waals surface area (Å²) in [5.41, 5.74) is 7.65. The highest BCUT2D eigenvalue weighted by Gasteiger charge is 2.25. The Hall–Kier alpha value is -2.56. The fourth-order valence-electron chi connectivity index (χ4n) is 2.21. The lowest BCUT2D eigenvalue weighted by Crippen LogP contribution is -2.38. The maximum Gasteiger partial charge on any atom is 0.265 e. The van der Waals surface area contributed by atoms with E-state index >= 15 is 0 Å². The molecule has 3 rings (SSSR count). The van der Waals surface area contributed by atoms with Crippen LogP contribution in [0, 0.1) is 5.82 Å². The van der Waals surface area contributed by atoms with Crippen molar-refractivity contribution < 1.29 is 13.9 Å². The third kappa shape index (κ3) is 2.30. The van der Waals surface area contributed by atoms with E-state index in [0.29, 0.717) is 23.7 Å². The van der Waals surface area contributed by atoms with Crippen molar-refractivity contribution in [2.75, 3.05) is 17.2 Å². The first-order chi connectivity index (χ1) is 9.63. The van der Waals surface area contributed by atoms with Gasteiger partial charge in [0.15, 0.2) is 6.61 Å². The predicted octanol–water partition coefficient (Wildman–Crippen LogP) is 2.33. The highest BCUT2D eigenvalue weighted by molar-refractivity contribution is 5.98. The van der Waals surface area contributed by atoms with Gasteiger partial charge in [-0.2, -0.15) is 0 Å². The Bertz CT molecular complexity index is 673. The number of fused-ring (bicyclic) bond motifs is 1. The van der Waals surface area contributed by atoms with Crippen LogP contribution in [0.4, 0.5) is 15.8 Å². The SMILES string of the molecule is Nc1ccc2c(c1)OCC(=O)N2Cc1cccc(F)c1. The maximum absolute atomic E-state index is 13.2. The van der Waals surface area contributed by atoms with E-state index in [1.54, 1.807) is 35.2 Å². The highest BCUT2D eigenvalue weighted by Crippen LogP contribution is 2.34. The number of rotatable bonds is 2. The molecule has 4 nitrogen and oxygen atoms in total. The molecule has 1 heterocycles. The van der Waals surface area contributed by atoms with E-state index in [1.807, 2.05) is 0 Å². The summed E-state index contributed by atoms with van der Waals surface area (Å²) < 4.78 is 18.6. The van der Waals surface area contributed by atoms with Crippen molar-refractivity contribution in [3.05, 3.63) is 53.8 Å². The first-order valence-corrected chi connectivity index (χ1v) is 6.20. The number of halogens is 1. The van der Waals surface area contributed by atoms with Crippen LogP contribution in [0.1, 0.15) is 5.56 Å². The molecule has 5 heteroatoms. The average molecular weight is 272 g/mol. The molecule has 2 aromatic rings. The summed E-state index contributed by atoms with van der Waals surface area (Å²) >= 11 is 0. The standard InChI is InChI=1S/C15H13FN2O2/c16-11-3-1-2-10(6-11)8-18-13-5-4-12(17)7-14(13)20-9-15(18)19/h1-7H,8-9,17H2. The molecule has 0 unspecified atom stereocenters. The number of nitrogen functional groups attached to an aromatic ring is 1. The number of nitrogens with two attached hydrogens (primary N) is 1. The predicted molar refractivity (Wildman–Crippen MR) is 73.9 cm³/mol. The Morgan fingerprint density at radius 3 is 2.90 bits per heavy atom. The van der Waals surface area contributed by atoms with E-state index in [9.17, 15) is 9.18 Å². The zero-order valence-electron chi connectivity index (χ0n) is 10.7. The molecule has 0 aromatic heterocycles. The summed E-state index contributed by atoms with van der Waals surface area (Å²) in [6, 6.07) is 11.3. The molecule has 0 aliphatic carbocycles. The summed E-state index contributed by atoms with van der Waals surface area (Å²) in [6.45, 7) is 0.267. The second-order valence-corrected chi connectivity index (χ2v) is 4.63. The largest absolute Gasteiger partial charge is 0.481 e. The summed E-state index contributed by atoms with van der Waals surface area (Å²) in [5, 5.41) is 0. The Labute approximate surface area is 115 Å². The van der Waals surface area contributed by atoms with Crippen LogP contribution in [0.25, 0.3) is 0 Å². The topological polar surface area (TPSA) is 55.6 Å². The first-order valence-electron chi connectivity index (χ1n) is 6.20. The van der Waals surface area contributed by atoms with Gasteiger partial charge in [0.25, 0.3) is 5.91 Å². The molecule has 2 N–H and O–H groups in total. The van der Waals surface area contributed by atoms with Gasteiger partial charge in [-0.1, -0.05) is 12.1 Å². The van der Waals surface area contributed by atoms with Crippen LogP contribution in [-0.2, 0) is 11.3 Å². The number of carbonyl (C=O) groups is 1. The van der Waals surface area contributed by atoms with E-state index < -0.39 is 0 Å². The fourth-order valence-corrected chi connectivity index (χ4v) is 2.21. The third-order valence-electron chi connectivity index (χ3n) is 3.16. The third-order valence-corrected chi connectivity index (χ3v) is 3.16. The van der Waals surface area contributed by atoms with E-state index in [-0.39, 0.29) is 18.3 Å². The van der Waals surface area contributed by atoms with E-state index in [4.69, 9.17) is 10.5 Å². The van der Waals surface area contributed by atoms with Crippen molar-refractivity contribution in [1.82, 2.24) is 0 Å². The lowest BCUT2D eigenvalue weighted by Gasteiger charge is -2.29. The average Bonchev–Trinajstić information content (AvgIpc) is 2.42. The van der Waals surface area contributed by atoms with Gasteiger partial charge >= 0.3 is 0 Å². The Morgan fingerprint density at radius 1 is 1.25 bits per heavy atom. The highest BCUT2D eigenvalue weighted by atomic mass is 19.1. The molecular weight excluding hydrogens is 259 g/mol. The molecule has 1 aliphatic heterocycles. The minimum absolute atomic E-state index is 0.0359. The van der Waals surface area contributed by atoms with Crippen LogP contribution in [0.2, 0.25) is 0 Å². The van der Waals surface area contributed by atoms with Crippen molar-refractivity contribution in [3.8, 4) is 5.75 Å². The van der Waals surface area contributed by atoms with Crippen LogP contribution in [0.15, 0.2) is 42.5 Å². The van der Waals surface area contributed by atoms with Crippen molar-refractivity contribution in [3.63, 3.8) is 0 Å². The van der Waals surface area contributed by atoms with Crippen LogP contribution in [-0.4, -0.2) is 12.5 Å². The van der Waals surface area contributed by atoms with Crippen molar-refractivity contribution >= 4 is 17.3 Å². The summed E-state index contributed by atoms with van der Waals surface area (Å²) in [4.78, 5) is 13.6. The molecule has 0 bridgehead atoms. The van der Waals surface area contributed by atoms with E-state index in [0.717, 1.165) is 5.56 Å². The number of benzene rings is 2. The quantitative estimate of drug-likeness (QED) is 0.854. The summed E-state index contributed by atoms with van der Waals surface area (Å²) in [5.74, 6) is 0.0910. The van der Waals surface area contributed by atoms with E-state index in [2.05, 4.69) is 0 Å². The van der Waals surface area contributed by atoms with Crippen molar-refractivity contribution in [2.45, 2.75) is 6.54 Å². The summed E-state index contributed by atoms with van der Waals surface area (Å²) in [6.07, 6.45) is 0. The van der Waals surface area contributed by atoms with Gasteiger partial charge in [-0.15, -0.1) is 0 Å². The van der Waals surface area contributed by atoms with Crippen LogP contribution >= 0.6 is 0 Å². The van der Waals surface area contributed by atoms with Gasteiger partial charge < -0.3 is 15.4 Å². The first kappa shape index (κ1) is 12.5. The van der Waals surface area contributed by atoms with Gasteiger partial charge in [0.05, 0.1) is 12.2 Å². The zero-order chi connectivity index (χ0) is 14.1. The number of nitrogens with zero attached hydrogens (tertiary/aromatic N) is 1. The molecule has 0 spiro atoms. The lowest BCUT2D eigenvalue weighted by atomic mass is 10.1. The second kappa shape index (κ2) is 4.85. The number of amides is 1. The van der Waals surface area contributed by atoms with Crippen LogP contribution < -0.4 is 15.4 Å². The molecule has 0 atom stereocenters. The molecule has 0 fully saturated rings. The minimum atomic E-state index is -0.319. The van der Waals surface area contributed by atoms with Crippen LogP contribution in [0.5, 0.6) is 5.75 Å². The molecule has 1 aliphatic rings. The molecule has 1 amide bonds. The van der Waals surface area contributed by atoms with Gasteiger partial charge in [0.2, 0.25) is 0 Å². The second-order valence-electron chi connectivity index (χ2n) is 4.63.